The van der Waals surface area contributed by atoms with Gasteiger partial charge in [0.15, 0.2) is 0 Å². The van der Waals surface area contributed by atoms with E-state index in [0.717, 1.165) is 11.8 Å². The Balaban J connectivity index is 2.23. The minimum absolute atomic E-state index is 0.318. The third-order valence-electron chi connectivity index (χ3n) is 2.49. The fraction of sp³-hybridized carbons (Fsp3) is 0.250. The van der Waals surface area contributed by atoms with Crippen molar-refractivity contribution in [3.05, 3.63) is 54.4 Å². The van der Waals surface area contributed by atoms with Gasteiger partial charge in [0.1, 0.15) is 0 Å². The van der Waals surface area contributed by atoms with E-state index in [-0.39, 0.29) is 6.04 Å². The van der Waals surface area contributed by atoms with Gasteiger partial charge < -0.3 is 0 Å². The summed E-state index contributed by atoms with van der Waals surface area (Å²) in [5.41, 5.74) is 0.915. The third kappa shape index (κ3) is 3.68. The summed E-state index contributed by atoms with van der Waals surface area (Å²) in [5, 5.41) is 4.09. The minimum Gasteiger partial charge on any atom is -0.271 e. The Morgan fingerprint density at radius 3 is 2.56 bits per heavy atom. The van der Waals surface area contributed by atoms with Crippen LogP contribution in [0.4, 0.5) is 0 Å². The molecule has 1 heterocycles. The van der Waals surface area contributed by atoms with Gasteiger partial charge in [-0.2, -0.15) is 5.10 Å². The lowest BCUT2D eigenvalue weighted by Gasteiger charge is -2.18. The number of hydrogen-bond acceptors (Lipinski definition) is 3. The highest BCUT2D eigenvalue weighted by Gasteiger charge is 2.16. The van der Waals surface area contributed by atoms with Crippen LogP contribution in [0.2, 0.25) is 0 Å². The molecule has 1 atom stereocenters. The van der Waals surface area contributed by atoms with Gasteiger partial charge in [-0.25, -0.2) is 13.1 Å². The quantitative estimate of drug-likeness (QED) is 0.882. The summed E-state index contributed by atoms with van der Waals surface area (Å²) in [7, 11) is -3.27. The highest BCUT2D eigenvalue weighted by Crippen LogP contribution is 2.15. The lowest BCUT2D eigenvalue weighted by molar-refractivity contribution is 0.485. The van der Waals surface area contributed by atoms with Gasteiger partial charge in [-0.3, -0.25) is 4.68 Å². The topological polar surface area (TPSA) is 64.0 Å². The van der Waals surface area contributed by atoms with E-state index in [9.17, 15) is 8.42 Å². The van der Waals surface area contributed by atoms with E-state index < -0.39 is 10.0 Å². The summed E-state index contributed by atoms with van der Waals surface area (Å²) in [6.07, 6.45) is 4.63. The van der Waals surface area contributed by atoms with Crippen LogP contribution in [-0.2, 0) is 16.6 Å². The Labute approximate surface area is 107 Å². The Morgan fingerprint density at radius 1 is 1.28 bits per heavy atom. The van der Waals surface area contributed by atoms with Crippen molar-refractivity contribution in [1.29, 1.82) is 0 Å². The number of sulfonamides is 1. The largest absolute Gasteiger partial charge is 0.271 e. The van der Waals surface area contributed by atoms with E-state index in [1.807, 2.05) is 36.4 Å². The fourth-order valence-corrected chi connectivity index (χ4v) is 2.48. The second-order valence-corrected chi connectivity index (χ2v) is 5.86. The number of nitrogens with one attached hydrogen (secondary N) is 1. The molecule has 0 aliphatic carbocycles. The molecule has 0 aliphatic rings. The fourth-order valence-electron chi connectivity index (χ4n) is 1.75. The van der Waals surface area contributed by atoms with Gasteiger partial charge in [0.05, 0.1) is 18.8 Å². The van der Waals surface area contributed by atoms with Gasteiger partial charge in [0, 0.05) is 12.4 Å². The monoisotopic (exact) mass is 265 g/mol. The first-order valence-corrected chi connectivity index (χ1v) is 7.43. The molecular weight excluding hydrogens is 250 g/mol. The average Bonchev–Trinajstić information content (AvgIpc) is 2.80. The summed E-state index contributed by atoms with van der Waals surface area (Å²) in [6, 6.07) is 10.9. The van der Waals surface area contributed by atoms with E-state index in [4.69, 9.17) is 0 Å². The Hall–Kier alpha value is -1.66. The summed E-state index contributed by atoms with van der Waals surface area (Å²) >= 11 is 0. The van der Waals surface area contributed by atoms with E-state index in [2.05, 4.69) is 9.82 Å². The first kappa shape index (κ1) is 12.8. The zero-order chi connectivity index (χ0) is 13.0. The lowest BCUT2D eigenvalue weighted by atomic mass is 10.1. The molecule has 0 bridgehead atoms. The van der Waals surface area contributed by atoms with E-state index in [1.165, 1.54) is 0 Å². The summed E-state index contributed by atoms with van der Waals surface area (Å²) in [6.45, 7) is 0.462. The highest BCUT2D eigenvalue weighted by molar-refractivity contribution is 7.88. The maximum atomic E-state index is 11.4. The number of hydrogen-bond donors (Lipinski definition) is 1. The number of aromatic nitrogens is 2. The second kappa shape index (κ2) is 5.32. The maximum absolute atomic E-state index is 11.4. The van der Waals surface area contributed by atoms with E-state index >= 15 is 0 Å². The second-order valence-electron chi connectivity index (χ2n) is 4.08. The molecular formula is C12H15N3O2S. The third-order valence-corrected chi connectivity index (χ3v) is 3.20. The van der Waals surface area contributed by atoms with Crippen molar-refractivity contribution in [3.63, 3.8) is 0 Å². The van der Waals surface area contributed by atoms with Crippen molar-refractivity contribution in [2.75, 3.05) is 6.26 Å². The Bertz CT molecular complexity index is 579. The van der Waals surface area contributed by atoms with Gasteiger partial charge >= 0.3 is 0 Å². The zero-order valence-electron chi connectivity index (χ0n) is 10.0. The van der Waals surface area contributed by atoms with E-state index in [1.54, 1.807) is 17.1 Å². The smallest absolute Gasteiger partial charge is 0.209 e. The SMILES string of the molecule is CS(=O)(=O)NC(Cn1cccn1)c1ccccc1. The van der Waals surface area contributed by atoms with Crippen LogP contribution in [0, 0.1) is 0 Å². The molecule has 1 aromatic carbocycles. The first-order chi connectivity index (χ1) is 8.54. The zero-order valence-corrected chi connectivity index (χ0v) is 10.8. The molecule has 0 aliphatic heterocycles. The van der Waals surface area contributed by atoms with Crippen molar-refractivity contribution < 1.29 is 8.42 Å². The maximum Gasteiger partial charge on any atom is 0.209 e. The van der Waals surface area contributed by atoms with Crippen LogP contribution in [0.15, 0.2) is 48.8 Å². The molecule has 0 amide bonds. The van der Waals surface area contributed by atoms with Crippen LogP contribution in [0.5, 0.6) is 0 Å². The molecule has 2 aromatic rings. The Kier molecular flexibility index (Phi) is 3.78. The van der Waals surface area contributed by atoms with E-state index in [0.29, 0.717) is 6.54 Å². The van der Waals surface area contributed by atoms with Crippen molar-refractivity contribution in [1.82, 2.24) is 14.5 Å². The van der Waals surface area contributed by atoms with Gasteiger partial charge in [-0.1, -0.05) is 30.3 Å². The van der Waals surface area contributed by atoms with Crippen molar-refractivity contribution in [2.45, 2.75) is 12.6 Å². The van der Waals surface area contributed by atoms with Crippen LogP contribution < -0.4 is 4.72 Å². The van der Waals surface area contributed by atoms with Crippen LogP contribution in [0.3, 0.4) is 0 Å². The molecule has 0 spiro atoms. The van der Waals surface area contributed by atoms with Crippen LogP contribution in [0.25, 0.3) is 0 Å². The summed E-state index contributed by atoms with van der Waals surface area (Å²) < 4.78 is 27.1. The van der Waals surface area contributed by atoms with Crippen molar-refractivity contribution in [2.24, 2.45) is 0 Å². The average molecular weight is 265 g/mol. The summed E-state index contributed by atoms with van der Waals surface area (Å²) in [5.74, 6) is 0. The predicted octanol–water partition coefficient (Wildman–Crippen LogP) is 1.17. The number of benzene rings is 1. The van der Waals surface area contributed by atoms with Gasteiger partial charge in [0.2, 0.25) is 10.0 Å². The molecule has 18 heavy (non-hydrogen) atoms. The molecule has 0 saturated heterocycles. The van der Waals surface area contributed by atoms with Crippen molar-refractivity contribution in [3.8, 4) is 0 Å². The molecule has 0 saturated carbocycles. The van der Waals surface area contributed by atoms with Crippen LogP contribution in [-0.4, -0.2) is 24.5 Å². The normalized spacial score (nSPS) is 13.4. The Morgan fingerprint density at radius 2 is 2.00 bits per heavy atom. The molecule has 2 rings (SSSR count). The van der Waals surface area contributed by atoms with Crippen LogP contribution >= 0.6 is 0 Å². The highest BCUT2D eigenvalue weighted by atomic mass is 32.2. The lowest BCUT2D eigenvalue weighted by Crippen LogP contribution is -2.30. The van der Waals surface area contributed by atoms with Gasteiger partial charge in [-0.05, 0) is 11.6 Å². The standard InChI is InChI=1S/C12H15N3O2S/c1-18(16,17)14-12(10-15-9-5-8-13-15)11-6-3-2-4-7-11/h2-9,12,14H,10H2,1H3. The summed E-state index contributed by atoms with van der Waals surface area (Å²) in [4.78, 5) is 0. The number of nitrogens with zero attached hydrogens (tertiary/aromatic N) is 2. The van der Waals surface area contributed by atoms with Crippen molar-refractivity contribution >= 4 is 10.0 Å². The molecule has 6 heteroatoms. The molecule has 96 valence electrons. The number of rotatable bonds is 5. The molecule has 5 nitrogen and oxygen atoms in total. The van der Waals surface area contributed by atoms with Gasteiger partial charge in [-0.15, -0.1) is 0 Å². The predicted molar refractivity (Wildman–Crippen MR) is 69.4 cm³/mol. The molecule has 1 aromatic heterocycles. The van der Waals surface area contributed by atoms with Crippen LogP contribution in [0.1, 0.15) is 11.6 Å². The molecule has 1 unspecified atom stereocenters. The molecule has 0 radical (unpaired) electrons. The minimum atomic E-state index is -3.27. The first-order valence-electron chi connectivity index (χ1n) is 5.54. The molecule has 1 N–H and O–H groups in total. The van der Waals surface area contributed by atoms with Gasteiger partial charge in [0.25, 0.3) is 0 Å². The molecule has 0 fully saturated rings.